The summed E-state index contributed by atoms with van der Waals surface area (Å²) in [6.07, 6.45) is 1.75. The van der Waals surface area contributed by atoms with E-state index in [1.807, 2.05) is 43.3 Å². The minimum Gasteiger partial charge on any atom is -0.385 e. The average Bonchev–Trinajstić information content (AvgIpc) is 2.76. The van der Waals surface area contributed by atoms with E-state index in [0.717, 1.165) is 52.0 Å². The van der Waals surface area contributed by atoms with Gasteiger partial charge in [-0.15, -0.1) is 0 Å². The predicted molar refractivity (Wildman–Crippen MR) is 118 cm³/mol. The van der Waals surface area contributed by atoms with Gasteiger partial charge < -0.3 is 5.11 Å². The number of aliphatic hydroxyl groups is 1. The van der Waals surface area contributed by atoms with Crippen LogP contribution in [0.1, 0.15) is 43.7 Å². The Morgan fingerprint density at radius 1 is 0.828 bits per heavy atom. The Labute approximate surface area is 171 Å². The molecule has 2 atom stereocenters. The molecule has 3 aromatic carbocycles. The summed E-state index contributed by atoms with van der Waals surface area (Å²) in [5.74, 6) is 0.408. The second-order valence-corrected chi connectivity index (χ2v) is 8.29. The largest absolute Gasteiger partial charge is 0.385 e. The molecule has 0 fully saturated rings. The van der Waals surface area contributed by atoms with E-state index in [1.54, 1.807) is 0 Å². The van der Waals surface area contributed by atoms with E-state index in [2.05, 4.69) is 43.3 Å². The summed E-state index contributed by atoms with van der Waals surface area (Å²) < 4.78 is 0. The van der Waals surface area contributed by atoms with Gasteiger partial charge in [0.2, 0.25) is 0 Å². The Morgan fingerprint density at radius 3 is 1.90 bits per heavy atom. The number of rotatable bonds is 2. The monoisotopic (exact) mass is 380 g/mol. The van der Waals surface area contributed by atoms with Crippen molar-refractivity contribution >= 4 is 11.0 Å². The summed E-state index contributed by atoms with van der Waals surface area (Å²) in [7, 11) is 0. The molecule has 1 aliphatic rings. The van der Waals surface area contributed by atoms with Gasteiger partial charge in [0.05, 0.1) is 28.0 Å². The van der Waals surface area contributed by atoms with E-state index >= 15 is 0 Å². The van der Waals surface area contributed by atoms with Crippen molar-refractivity contribution in [2.45, 2.75) is 38.2 Å². The molecule has 1 N–H and O–H groups in total. The first-order valence-corrected chi connectivity index (χ1v) is 10.2. The molecule has 5 rings (SSSR count). The molecule has 0 aliphatic heterocycles. The maximum absolute atomic E-state index is 11.0. The molecular weight excluding hydrogens is 356 g/mol. The maximum atomic E-state index is 11.0. The maximum Gasteiger partial charge on any atom is 0.0973 e. The Bertz CT molecular complexity index is 1180. The van der Waals surface area contributed by atoms with Gasteiger partial charge in [-0.25, -0.2) is 9.97 Å². The zero-order valence-electron chi connectivity index (χ0n) is 16.8. The highest BCUT2D eigenvalue weighted by molar-refractivity contribution is 5.87. The second-order valence-electron chi connectivity index (χ2n) is 8.29. The normalized spacial score (nSPS) is 21.1. The fourth-order valence-electron chi connectivity index (χ4n) is 4.38. The van der Waals surface area contributed by atoms with Crippen LogP contribution in [-0.2, 0) is 5.60 Å². The van der Waals surface area contributed by atoms with Gasteiger partial charge in [-0.3, -0.25) is 0 Å². The fraction of sp³-hybridized carbons (Fsp3) is 0.231. The summed E-state index contributed by atoms with van der Waals surface area (Å²) >= 11 is 0. The molecule has 0 saturated carbocycles. The highest BCUT2D eigenvalue weighted by atomic mass is 16.3. The van der Waals surface area contributed by atoms with Crippen molar-refractivity contribution in [3.05, 3.63) is 83.9 Å². The van der Waals surface area contributed by atoms with Gasteiger partial charge in [0.15, 0.2) is 0 Å². The van der Waals surface area contributed by atoms with Crippen LogP contribution in [0, 0.1) is 0 Å². The highest BCUT2D eigenvalue weighted by Gasteiger charge is 2.33. The van der Waals surface area contributed by atoms with Crippen molar-refractivity contribution in [3.63, 3.8) is 0 Å². The standard InChI is InChI=1S/C26H24N2O/c1-17-13-14-26(2,29)21-16-23-22(15-20(17)21)27-24(18-9-5-3-6-10-18)25(28-23)19-11-7-4-8-12-19/h3-12,15-17,29H,13-14H2,1-2H3. The Balaban J connectivity index is 1.81. The predicted octanol–water partition coefficient (Wildman–Crippen LogP) is 6.07. The molecule has 0 bridgehead atoms. The van der Waals surface area contributed by atoms with Crippen LogP contribution in [0.5, 0.6) is 0 Å². The van der Waals surface area contributed by atoms with Gasteiger partial charge in [0.25, 0.3) is 0 Å². The van der Waals surface area contributed by atoms with Crippen molar-refractivity contribution < 1.29 is 5.11 Å². The topological polar surface area (TPSA) is 46.0 Å². The lowest BCUT2D eigenvalue weighted by Crippen LogP contribution is -2.28. The van der Waals surface area contributed by atoms with Crippen LogP contribution in [0.2, 0.25) is 0 Å². The van der Waals surface area contributed by atoms with Gasteiger partial charge in [-0.05, 0) is 48.9 Å². The summed E-state index contributed by atoms with van der Waals surface area (Å²) in [6, 6.07) is 24.6. The van der Waals surface area contributed by atoms with E-state index in [4.69, 9.17) is 9.97 Å². The average molecular weight is 380 g/mol. The zero-order valence-corrected chi connectivity index (χ0v) is 16.8. The number of fused-ring (bicyclic) bond motifs is 2. The molecular formula is C26H24N2O. The van der Waals surface area contributed by atoms with Crippen molar-refractivity contribution in [1.82, 2.24) is 9.97 Å². The van der Waals surface area contributed by atoms with Crippen LogP contribution in [0.25, 0.3) is 33.5 Å². The lowest BCUT2D eigenvalue weighted by molar-refractivity contribution is 0.0355. The van der Waals surface area contributed by atoms with Crippen LogP contribution in [0.15, 0.2) is 72.8 Å². The molecule has 0 spiro atoms. The molecule has 0 saturated heterocycles. The van der Waals surface area contributed by atoms with Gasteiger partial charge in [-0.2, -0.15) is 0 Å². The molecule has 1 aromatic heterocycles. The first-order chi connectivity index (χ1) is 14.0. The van der Waals surface area contributed by atoms with Crippen molar-refractivity contribution in [3.8, 4) is 22.5 Å². The molecule has 1 aliphatic carbocycles. The minimum absolute atomic E-state index is 0.408. The third-order valence-electron chi connectivity index (χ3n) is 6.11. The highest BCUT2D eigenvalue weighted by Crippen LogP contribution is 2.43. The first kappa shape index (κ1) is 18.0. The summed E-state index contributed by atoms with van der Waals surface area (Å²) in [5.41, 5.74) is 6.93. The molecule has 4 aromatic rings. The lowest BCUT2D eigenvalue weighted by Gasteiger charge is -2.34. The van der Waals surface area contributed by atoms with Crippen LogP contribution in [0.3, 0.4) is 0 Å². The smallest absolute Gasteiger partial charge is 0.0973 e. The van der Waals surface area contributed by atoms with Gasteiger partial charge in [0.1, 0.15) is 0 Å². The number of benzene rings is 3. The lowest BCUT2D eigenvalue weighted by atomic mass is 9.75. The summed E-state index contributed by atoms with van der Waals surface area (Å²) in [4.78, 5) is 10.1. The minimum atomic E-state index is -0.817. The third-order valence-corrected chi connectivity index (χ3v) is 6.11. The third kappa shape index (κ3) is 3.12. The van der Waals surface area contributed by atoms with E-state index in [-0.39, 0.29) is 0 Å². The number of nitrogens with zero attached hydrogens (tertiary/aromatic N) is 2. The van der Waals surface area contributed by atoms with Crippen LogP contribution in [-0.4, -0.2) is 15.1 Å². The van der Waals surface area contributed by atoms with Crippen molar-refractivity contribution in [1.29, 1.82) is 0 Å². The fourth-order valence-corrected chi connectivity index (χ4v) is 4.38. The molecule has 0 radical (unpaired) electrons. The number of hydrogen-bond donors (Lipinski definition) is 1. The van der Waals surface area contributed by atoms with E-state index in [9.17, 15) is 5.11 Å². The second kappa shape index (κ2) is 6.78. The molecule has 2 unspecified atom stereocenters. The van der Waals surface area contributed by atoms with Crippen LogP contribution >= 0.6 is 0 Å². The van der Waals surface area contributed by atoms with Crippen molar-refractivity contribution in [2.75, 3.05) is 0 Å². The molecule has 1 heterocycles. The number of hydrogen-bond acceptors (Lipinski definition) is 3. The molecule has 3 heteroatoms. The van der Waals surface area contributed by atoms with Crippen LogP contribution < -0.4 is 0 Å². The quantitative estimate of drug-likeness (QED) is 0.459. The Hall–Kier alpha value is -3.04. The summed E-state index contributed by atoms with van der Waals surface area (Å²) in [5, 5.41) is 11.0. The van der Waals surface area contributed by atoms with E-state index in [0.29, 0.717) is 5.92 Å². The molecule has 144 valence electrons. The zero-order chi connectivity index (χ0) is 20.0. The molecule has 0 amide bonds. The summed E-state index contributed by atoms with van der Waals surface area (Å²) in [6.45, 7) is 4.14. The SMILES string of the molecule is CC1CCC(C)(O)c2cc3nc(-c4ccccc4)c(-c4ccccc4)nc3cc21. The van der Waals surface area contributed by atoms with Gasteiger partial charge >= 0.3 is 0 Å². The van der Waals surface area contributed by atoms with Gasteiger partial charge in [-0.1, -0.05) is 67.6 Å². The first-order valence-electron chi connectivity index (χ1n) is 10.2. The van der Waals surface area contributed by atoms with E-state index < -0.39 is 5.60 Å². The van der Waals surface area contributed by atoms with Crippen LogP contribution in [0.4, 0.5) is 0 Å². The van der Waals surface area contributed by atoms with Crippen molar-refractivity contribution in [2.24, 2.45) is 0 Å². The number of aromatic nitrogens is 2. The van der Waals surface area contributed by atoms with E-state index in [1.165, 1.54) is 5.56 Å². The molecule has 3 nitrogen and oxygen atoms in total. The Morgan fingerprint density at radius 2 is 1.34 bits per heavy atom. The molecule has 29 heavy (non-hydrogen) atoms. The Kier molecular flexibility index (Phi) is 4.21. The van der Waals surface area contributed by atoms with Gasteiger partial charge in [0, 0.05) is 11.1 Å².